The molecule has 3 rings (SSSR count). The molecule has 24 heavy (non-hydrogen) atoms. The van der Waals surface area contributed by atoms with Crippen LogP contribution in [0.5, 0.6) is 0 Å². The molecule has 2 aromatic heterocycles. The molecule has 0 radical (unpaired) electrons. The Morgan fingerprint density at radius 3 is 2.75 bits per heavy atom. The second-order valence-corrected chi connectivity index (χ2v) is 5.66. The van der Waals surface area contributed by atoms with Crippen molar-refractivity contribution in [3.8, 4) is 0 Å². The summed E-state index contributed by atoms with van der Waals surface area (Å²) in [6, 6.07) is 9.09. The minimum Gasteiger partial charge on any atom is -0.387 e. The molecule has 0 aliphatic heterocycles. The molecule has 8 heteroatoms. The first-order chi connectivity index (χ1) is 11.4. The number of aromatic nitrogens is 3. The van der Waals surface area contributed by atoms with Gasteiger partial charge in [-0.1, -0.05) is 12.1 Å². The van der Waals surface area contributed by atoms with Crippen LogP contribution in [0.3, 0.4) is 0 Å². The molecule has 0 saturated heterocycles. The number of hydrogen-bond donors (Lipinski definition) is 1. The normalized spacial score (nSPS) is 12.5. The van der Waals surface area contributed by atoms with Gasteiger partial charge in [-0.15, -0.1) is 0 Å². The van der Waals surface area contributed by atoms with Crippen LogP contribution < -0.4 is 5.56 Å². The van der Waals surface area contributed by atoms with E-state index in [9.17, 15) is 20.0 Å². The highest BCUT2D eigenvalue weighted by Crippen LogP contribution is 2.22. The molecule has 124 valence electrons. The lowest BCUT2D eigenvalue weighted by atomic mass is 10.1. The number of hydrogen-bond acceptors (Lipinski definition) is 5. The van der Waals surface area contributed by atoms with Crippen molar-refractivity contribution in [3.63, 3.8) is 0 Å². The molecule has 0 saturated carbocycles. The highest BCUT2D eigenvalue weighted by atomic mass is 16.6. The smallest absolute Gasteiger partial charge is 0.274 e. The lowest BCUT2D eigenvalue weighted by Crippen LogP contribution is -2.21. The SMILES string of the molecule is Cc1cc2n(C[C@H](O)c3cccc([N+](=O)[O-])c3)c(C)cc(=O)n2n1. The van der Waals surface area contributed by atoms with Gasteiger partial charge in [0.25, 0.3) is 11.2 Å². The van der Waals surface area contributed by atoms with Crippen molar-refractivity contribution in [2.75, 3.05) is 0 Å². The molecule has 0 aliphatic rings. The summed E-state index contributed by atoms with van der Waals surface area (Å²) in [5.41, 5.74) is 2.07. The Morgan fingerprint density at radius 1 is 1.29 bits per heavy atom. The minimum absolute atomic E-state index is 0.0754. The van der Waals surface area contributed by atoms with Gasteiger partial charge in [-0.05, 0) is 19.4 Å². The molecule has 8 nitrogen and oxygen atoms in total. The molecular weight excluding hydrogens is 312 g/mol. The van der Waals surface area contributed by atoms with Crippen LogP contribution >= 0.6 is 0 Å². The standard InChI is InChI=1S/C16H16N4O4/c1-10-6-15-18(11(2)7-16(22)19(15)17-10)9-14(21)12-4-3-5-13(8-12)20(23)24/h3-8,14,21H,9H2,1-2H3/t14-/m0/s1. The molecule has 0 aliphatic carbocycles. The maximum atomic E-state index is 12.0. The monoisotopic (exact) mass is 328 g/mol. The van der Waals surface area contributed by atoms with Gasteiger partial charge in [-0.25, -0.2) is 0 Å². The van der Waals surface area contributed by atoms with E-state index in [1.807, 2.05) is 0 Å². The van der Waals surface area contributed by atoms with Crippen LogP contribution in [0, 0.1) is 24.0 Å². The van der Waals surface area contributed by atoms with E-state index in [0.717, 1.165) is 0 Å². The van der Waals surface area contributed by atoms with Crippen molar-refractivity contribution >= 4 is 11.3 Å². The summed E-state index contributed by atoms with van der Waals surface area (Å²) in [4.78, 5) is 22.4. The fourth-order valence-electron chi connectivity index (χ4n) is 2.70. The average Bonchev–Trinajstić information content (AvgIpc) is 2.93. The molecule has 1 N–H and O–H groups in total. The van der Waals surface area contributed by atoms with Gasteiger partial charge in [-0.2, -0.15) is 9.61 Å². The Hall–Kier alpha value is -3.00. The molecule has 0 spiro atoms. The number of non-ortho nitro benzene ring substituents is 1. The van der Waals surface area contributed by atoms with Crippen LogP contribution in [0.4, 0.5) is 5.69 Å². The van der Waals surface area contributed by atoms with Gasteiger partial charge in [0.1, 0.15) is 5.65 Å². The number of nitro benzene ring substituents is 1. The van der Waals surface area contributed by atoms with Crippen LogP contribution in [0.25, 0.3) is 5.65 Å². The predicted molar refractivity (Wildman–Crippen MR) is 87.0 cm³/mol. The number of aryl methyl sites for hydroxylation is 2. The van der Waals surface area contributed by atoms with Gasteiger partial charge in [0.15, 0.2) is 0 Å². The van der Waals surface area contributed by atoms with Gasteiger partial charge >= 0.3 is 0 Å². The number of rotatable bonds is 4. The summed E-state index contributed by atoms with van der Waals surface area (Å²) in [6.07, 6.45) is -0.954. The zero-order chi connectivity index (χ0) is 17.4. The Morgan fingerprint density at radius 2 is 2.04 bits per heavy atom. The first-order valence-electron chi connectivity index (χ1n) is 7.36. The van der Waals surface area contributed by atoms with Crippen molar-refractivity contribution < 1.29 is 10.0 Å². The van der Waals surface area contributed by atoms with Gasteiger partial charge in [0, 0.05) is 30.0 Å². The highest BCUT2D eigenvalue weighted by Gasteiger charge is 2.16. The highest BCUT2D eigenvalue weighted by molar-refractivity contribution is 5.42. The summed E-state index contributed by atoms with van der Waals surface area (Å²) in [7, 11) is 0. The number of benzene rings is 1. The summed E-state index contributed by atoms with van der Waals surface area (Å²) < 4.78 is 3.05. The summed E-state index contributed by atoms with van der Waals surface area (Å²) in [5, 5.41) is 25.5. The minimum atomic E-state index is -0.954. The van der Waals surface area contributed by atoms with Gasteiger partial charge in [0.2, 0.25) is 0 Å². The maximum Gasteiger partial charge on any atom is 0.274 e. The van der Waals surface area contributed by atoms with E-state index < -0.39 is 11.0 Å². The first kappa shape index (κ1) is 15.9. The second-order valence-electron chi connectivity index (χ2n) is 5.66. The van der Waals surface area contributed by atoms with Crippen LogP contribution in [-0.4, -0.2) is 24.2 Å². The van der Waals surface area contributed by atoms with E-state index in [0.29, 0.717) is 22.6 Å². The van der Waals surface area contributed by atoms with Crippen LogP contribution in [0.2, 0.25) is 0 Å². The van der Waals surface area contributed by atoms with Gasteiger partial charge in [0.05, 0.1) is 23.3 Å². The Kier molecular flexibility index (Phi) is 3.90. The third-order valence-electron chi connectivity index (χ3n) is 3.88. The maximum absolute atomic E-state index is 12.0. The predicted octanol–water partition coefficient (Wildman–Crippen LogP) is 1.75. The second kappa shape index (κ2) is 5.89. The summed E-state index contributed by atoms with van der Waals surface area (Å²) in [5.74, 6) is 0. The van der Waals surface area contributed by atoms with Crippen LogP contribution in [0.15, 0.2) is 41.2 Å². The average molecular weight is 328 g/mol. The van der Waals surface area contributed by atoms with E-state index in [1.54, 1.807) is 30.5 Å². The topological polar surface area (TPSA) is 103 Å². The van der Waals surface area contributed by atoms with Crippen molar-refractivity contribution in [1.29, 1.82) is 0 Å². The molecule has 2 heterocycles. The lowest BCUT2D eigenvalue weighted by molar-refractivity contribution is -0.385. The van der Waals surface area contributed by atoms with E-state index in [2.05, 4.69) is 5.10 Å². The number of nitrogens with zero attached hydrogens (tertiary/aromatic N) is 4. The quantitative estimate of drug-likeness (QED) is 0.580. The molecule has 1 aromatic carbocycles. The van der Waals surface area contributed by atoms with Crippen LogP contribution in [-0.2, 0) is 6.54 Å². The Labute approximate surface area is 136 Å². The van der Waals surface area contributed by atoms with Crippen molar-refractivity contribution in [1.82, 2.24) is 14.2 Å². The van der Waals surface area contributed by atoms with Crippen molar-refractivity contribution in [2.45, 2.75) is 26.5 Å². The molecule has 0 bridgehead atoms. The zero-order valence-electron chi connectivity index (χ0n) is 13.2. The van der Waals surface area contributed by atoms with Gasteiger partial charge < -0.3 is 9.67 Å². The molecule has 1 atom stereocenters. The number of fused-ring (bicyclic) bond motifs is 1. The van der Waals surface area contributed by atoms with E-state index >= 15 is 0 Å². The molecular formula is C16H16N4O4. The molecule has 3 aromatic rings. The number of aliphatic hydroxyl groups is 1. The Balaban J connectivity index is 2.02. The van der Waals surface area contributed by atoms with Crippen molar-refractivity contribution in [3.05, 3.63) is 73.8 Å². The fraction of sp³-hybridized carbons (Fsp3) is 0.250. The molecule has 0 unspecified atom stereocenters. The first-order valence-corrected chi connectivity index (χ1v) is 7.36. The van der Waals surface area contributed by atoms with E-state index in [-0.39, 0.29) is 17.8 Å². The third-order valence-corrected chi connectivity index (χ3v) is 3.88. The van der Waals surface area contributed by atoms with Crippen LogP contribution in [0.1, 0.15) is 23.1 Å². The Bertz CT molecular complexity index is 989. The largest absolute Gasteiger partial charge is 0.387 e. The fourth-order valence-corrected chi connectivity index (χ4v) is 2.70. The number of nitro groups is 1. The molecule has 0 amide bonds. The number of aliphatic hydroxyl groups excluding tert-OH is 1. The third kappa shape index (κ3) is 2.79. The van der Waals surface area contributed by atoms with E-state index in [1.165, 1.54) is 28.8 Å². The van der Waals surface area contributed by atoms with E-state index in [4.69, 9.17) is 0 Å². The molecule has 0 fully saturated rings. The lowest BCUT2D eigenvalue weighted by Gasteiger charge is -2.17. The summed E-state index contributed by atoms with van der Waals surface area (Å²) >= 11 is 0. The zero-order valence-corrected chi connectivity index (χ0v) is 13.2. The van der Waals surface area contributed by atoms with Gasteiger partial charge in [-0.3, -0.25) is 14.9 Å². The van der Waals surface area contributed by atoms with Crippen molar-refractivity contribution in [2.24, 2.45) is 0 Å². The summed E-state index contributed by atoms with van der Waals surface area (Å²) in [6.45, 7) is 3.70.